The summed E-state index contributed by atoms with van der Waals surface area (Å²) in [5, 5.41) is 0. The minimum Gasteiger partial charge on any atom is -0.381 e. The van der Waals surface area contributed by atoms with Gasteiger partial charge in [0.1, 0.15) is 6.61 Å². The van der Waals surface area contributed by atoms with Gasteiger partial charge in [-0.05, 0) is 39.7 Å². The molecule has 1 fully saturated rings. The van der Waals surface area contributed by atoms with E-state index in [9.17, 15) is 4.79 Å². The van der Waals surface area contributed by atoms with Crippen LogP contribution < -0.4 is 0 Å². The number of ketones is 1. The zero-order chi connectivity index (χ0) is 13.8. The third kappa shape index (κ3) is 3.25. The van der Waals surface area contributed by atoms with Gasteiger partial charge in [-0.3, -0.25) is 4.79 Å². The van der Waals surface area contributed by atoms with E-state index in [2.05, 4.69) is 11.5 Å². The fraction of sp³-hybridized carbons (Fsp3) is 0.667. The number of hydrogen-bond acceptors (Lipinski definition) is 3. The van der Waals surface area contributed by atoms with E-state index in [1.807, 2.05) is 19.9 Å². The normalized spacial score (nSPS) is 16.8. The van der Waals surface area contributed by atoms with Gasteiger partial charge in [0.2, 0.25) is 0 Å². The minimum atomic E-state index is 0.0827. The monoisotopic (exact) mass is 265 g/mol. The van der Waals surface area contributed by atoms with Crippen LogP contribution in [-0.2, 0) is 16.0 Å². The Balaban J connectivity index is 1.96. The molecule has 4 heteroatoms. The number of aromatic nitrogens is 1. The molecule has 0 saturated carbocycles. The van der Waals surface area contributed by atoms with Crippen molar-refractivity contribution in [3.63, 3.8) is 0 Å². The molecule has 1 aliphatic heterocycles. The first kappa shape index (κ1) is 14.3. The van der Waals surface area contributed by atoms with E-state index >= 15 is 0 Å². The van der Waals surface area contributed by atoms with Gasteiger partial charge in [0.25, 0.3) is 0 Å². The molecule has 0 aliphatic carbocycles. The number of nitrogens with zero attached hydrogens (tertiary/aromatic N) is 1. The fourth-order valence-electron chi connectivity index (χ4n) is 2.68. The summed E-state index contributed by atoms with van der Waals surface area (Å²) in [5.41, 5.74) is 2.97. The summed E-state index contributed by atoms with van der Waals surface area (Å²) < 4.78 is 13.1. The first-order valence-corrected chi connectivity index (χ1v) is 7.02. The number of hydrogen-bond donors (Lipinski definition) is 0. The van der Waals surface area contributed by atoms with E-state index in [1.165, 1.54) is 0 Å². The SMILES string of the molecule is CCn1c(C)cc(C(=O)COC2CCOCC2)c1C. The van der Waals surface area contributed by atoms with Gasteiger partial charge in [-0.1, -0.05) is 0 Å². The molecule has 0 spiro atoms. The van der Waals surface area contributed by atoms with Crippen molar-refractivity contribution in [1.82, 2.24) is 4.57 Å². The second kappa shape index (κ2) is 6.35. The van der Waals surface area contributed by atoms with Gasteiger partial charge >= 0.3 is 0 Å². The molecular formula is C15H23NO3. The highest BCUT2D eigenvalue weighted by Crippen LogP contribution is 2.17. The lowest BCUT2D eigenvalue weighted by molar-refractivity contribution is -0.0262. The molecule has 0 amide bonds. The molecule has 0 bridgehead atoms. The van der Waals surface area contributed by atoms with E-state index in [4.69, 9.17) is 9.47 Å². The summed E-state index contributed by atoms with van der Waals surface area (Å²) in [6, 6.07) is 1.97. The van der Waals surface area contributed by atoms with E-state index in [0.29, 0.717) is 0 Å². The van der Waals surface area contributed by atoms with E-state index < -0.39 is 0 Å². The van der Waals surface area contributed by atoms with Crippen molar-refractivity contribution >= 4 is 5.78 Å². The number of ether oxygens (including phenoxy) is 2. The van der Waals surface area contributed by atoms with Crippen LogP contribution in [0.4, 0.5) is 0 Å². The van der Waals surface area contributed by atoms with Crippen LogP contribution in [0.3, 0.4) is 0 Å². The number of rotatable bonds is 5. The molecule has 1 saturated heterocycles. The fourth-order valence-corrected chi connectivity index (χ4v) is 2.68. The van der Waals surface area contributed by atoms with E-state index in [1.54, 1.807) is 0 Å². The molecule has 0 unspecified atom stereocenters. The molecule has 1 aromatic heterocycles. The standard InChI is InChI=1S/C15H23NO3/c1-4-16-11(2)9-14(12(16)3)15(17)10-19-13-5-7-18-8-6-13/h9,13H,4-8,10H2,1-3H3. The second-order valence-corrected chi connectivity index (χ2v) is 5.07. The van der Waals surface area contributed by atoms with Crippen LogP contribution in [0.5, 0.6) is 0 Å². The summed E-state index contributed by atoms with van der Waals surface area (Å²) in [6.45, 7) is 8.68. The number of carbonyl (C=O) groups is 1. The lowest BCUT2D eigenvalue weighted by Crippen LogP contribution is -2.26. The number of aryl methyl sites for hydroxylation is 1. The molecule has 0 aromatic carbocycles. The summed E-state index contributed by atoms with van der Waals surface area (Å²) in [5.74, 6) is 0.0827. The summed E-state index contributed by atoms with van der Waals surface area (Å²) >= 11 is 0. The van der Waals surface area contributed by atoms with Crippen LogP contribution in [0.2, 0.25) is 0 Å². The van der Waals surface area contributed by atoms with Crippen molar-refractivity contribution < 1.29 is 14.3 Å². The molecule has 0 N–H and O–H groups in total. The van der Waals surface area contributed by atoms with E-state index in [-0.39, 0.29) is 18.5 Å². The maximum Gasteiger partial charge on any atom is 0.190 e. The maximum atomic E-state index is 12.2. The zero-order valence-corrected chi connectivity index (χ0v) is 12.1. The van der Waals surface area contributed by atoms with Crippen LogP contribution >= 0.6 is 0 Å². The van der Waals surface area contributed by atoms with Crippen molar-refractivity contribution in [2.24, 2.45) is 0 Å². The molecule has 0 atom stereocenters. The lowest BCUT2D eigenvalue weighted by atomic mass is 10.1. The maximum absolute atomic E-state index is 12.2. The highest BCUT2D eigenvalue weighted by atomic mass is 16.5. The molecule has 106 valence electrons. The van der Waals surface area contributed by atoms with Crippen molar-refractivity contribution in [2.45, 2.75) is 46.3 Å². The average Bonchev–Trinajstić information content (AvgIpc) is 2.72. The summed E-state index contributed by atoms with van der Waals surface area (Å²) in [6.07, 6.45) is 1.95. The highest BCUT2D eigenvalue weighted by Gasteiger charge is 2.19. The van der Waals surface area contributed by atoms with Crippen LogP contribution in [0.25, 0.3) is 0 Å². The third-order valence-electron chi connectivity index (χ3n) is 3.81. The molecule has 1 aliphatic rings. The van der Waals surface area contributed by atoms with E-state index in [0.717, 1.165) is 49.6 Å². The zero-order valence-electron chi connectivity index (χ0n) is 12.1. The lowest BCUT2D eigenvalue weighted by Gasteiger charge is -2.21. The predicted molar refractivity (Wildman–Crippen MR) is 73.7 cm³/mol. The van der Waals surface area contributed by atoms with Gasteiger partial charge in [-0.2, -0.15) is 0 Å². The summed E-state index contributed by atoms with van der Waals surface area (Å²) in [4.78, 5) is 12.2. The van der Waals surface area contributed by atoms with Gasteiger partial charge < -0.3 is 14.0 Å². The molecule has 4 nitrogen and oxygen atoms in total. The largest absolute Gasteiger partial charge is 0.381 e. The van der Waals surface area contributed by atoms with Crippen LogP contribution in [-0.4, -0.2) is 36.3 Å². The van der Waals surface area contributed by atoms with Gasteiger partial charge in [-0.15, -0.1) is 0 Å². The summed E-state index contributed by atoms with van der Waals surface area (Å²) in [7, 11) is 0. The quantitative estimate of drug-likeness (QED) is 0.768. The second-order valence-electron chi connectivity index (χ2n) is 5.07. The van der Waals surface area contributed by atoms with Crippen LogP contribution in [0.1, 0.15) is 41.5 Å². The van der Waals surface area contributed by atoms with Gasteiger partial charge in [0.15, 0.2) is 5.78 Å². The first-order chi connectivity index (χ1) is 9.13. The van der Waals surface area contributed by atoms with Gasteiger partial charge in [-0.25, -0.2) is 0 Å². The van der Waals surface area contributed by atoms with Gasteiger partial charge in [0, 0.05) is 36.7 Å². The molecule has 2 rings (SSSR count). The Bertz CT molecular complexity index is 444. The number of carbonyl (C=O) groups excluding carboxylic acids is 1. The molecule has 0 radical (unpaired) electrons. The molecule has 19 heavy (non-hydrogen) atoms. The number of Topliss-reactive ketones (excluding diaryl/α,β-unsaturated/α-hetero) is 1. The predicted octanol–water partition coefficient (Wildman–Crippen LogP) is 2.50. The third-order valence-corrected chi connectivity index (χ3v) is 3.81. The Morgan fingerprint density at radius 2 is 2.11 bits per heavy atom. The van der Waals surface area contributed by atoms with Crippen molar-refractivity contribution in [2.75, 3.05) is 19.8 Å². The van der Waals surface area contributed by atoms with Crippen molar-refractivity contribution in [3.8, 4) is 0 Å². The minimum absolute atomic E-state index is 0.0827. The Morgan fingerprint density at radius 3 is 2.68 bits per heavy atom. The Labute approximate surface area is 114 Å². The topological polar surface area (TPSA) is 40.5 Å². The van der Waals surface area contributed by atoms with Crippen LogP contribution in [0, 0.1) is 13.8 Å². The average molecular weight is 265 g/mol. The Morgan fingerprint density at radius 1 is 1.42 bits per heavy atom. The Hall–Kier alpha value is -1.13. The van der Waals surface area contributed by atoms with Crippen molar-refractivity contribution in [1.29, 1.82) is 0 Å². The molecule has 1 aromatic rings. The molecular weight excluding hydrogens is 242 g/mol. The van der Waals surface area contributed by atoms with Crippen LogP contribution in [0.15, 0.2) is 6.07 Å². The van der Waals surface area contributed by atoms with Crippen molar-refractivity contribution in [3.05, 3.63) is 23.0 Å². The smallest absolute Gasteiger partial charge is 0.190 e. The van der Waals surface area contributed by atoms with Gasteiger partial charge in [0.05, 0.1) is 6.10 Å². The Kier molecular flexibility index (Phi) is 4.77. The molecule has 2 heterocycles. The first-order valence-electron chi connectivity index (χ1n) is 7.02. The highest BCUT2D eigenvalue weighted by molar-refractivity contribution is 5.98.